The fourth-order valence-corrected chi connectivity index (χ4v) is 3.40. The molecule has 4 rings (SSSR count). The molecule has 154 valence electrons. The molecule has 0 atom stereocenters. The van der Waals surface area contributed by atoms with Gasteiger partial charge >= 0.3 is 0 Å². The van der Waals surface area contributed by atoms with Crippen molar-refractivity contribution < 1.29 is 43.1 Å². The van der Waals surface area contributed by atoms with E-state index in [0.29, 0.717) is 0 Å². The maximum absolute atomic E-state index is 2.25. The maximum atomic E-state index is 2.25. The van der Waals surface area contributed by atoms with Gasteiger partial charge in [0.05, 0.1) is 0 Å². The first kappa shape index (κ1) is 24.0. The minimum atomic E-state index is 0. The Balaban J connectivity index is 0.00000160. The Kier molecular flexibility index (Phi) is 9.92. The molecule has 30 heavy (non-hydrogen) atoms. The molecule has 0 saturated heterocycles. The number of rotatable bonds is 7. The van der Waals surface area contributed by atoms with Crippen LogP contribution < -0.4 is 43.1 Å². The zero-order valence-corrected chi connectivity index (χ0v) is 20.0. The molecular formula is C26H26Br2N2. The number of pyridine rings is 2. The van der Waals surface area contributed by atoms with Crippen LogP contribution in [0.2, 0.25) is 0 Å². The van der Waals surface area contributed by atoms with Crippen LogP contribution in [0, 0.1) is 0 Å². The van der Waals surface area contributed by atoms with Crippen molar-refractivity contribution >= 4 is 0 Å². The predicted molar refractivity (Wildman–Crippen MR) is 113 cm³/mol. The molecule has 0 aliphatic carbocycles. The van der Waals surface area contributed by atoms with Gasteiger partial charge in [-0.25, -0.2) is 9.13 Å². The molecule has 0 unspecified atom stereocenters. The first-order valence-electron chi connectivity index (χ1n) is 9.93. The SMILES string of the molecule is [Br-].[Br-].c1ccc(CC[n+]2ccc(-c3cc[n+](CCc4ccccc4)cc3)cc2)cc1. The average Bonchev–Trinajstić information content (AvgIpc) is 2.78. The molecule has 0 saturated carbocycles. The van der Waals surface area contributed by atoms with Crippen molar-refractivity contribution in [2.75, 3.05) is 0 Å². The lowest BCUT2D eigenvalue weighted by atomic mass is 10.1. The van der Waals surface area contributed by atoms with Gasteiger partial charge in [0.25, 0.3) is 0 Å². The Morgan fingerprint density at radius 1 is 0.433 bits per heavy atom. The number of hydrogen-bond donors (Lipinski definition) is 0. The van der Waals surface area contributed by atoms with E-state index in [1.54, 1.807) is 0 Å². The van der Waals surface area contributed by atoms with Crippen LogP contribution in [0.15, 0.2) is 110 Å². The van der Waals surface area contributed by atoms with Gasteiger partial charge in [0.2, 0.25) is 0 Å². The van der Waals surface area contributed by atoms with Gasteiger partial charge in [-0.3, -0.25) is 0 Å². The molecule has 0 radical (unpaired) electrons. The van der Waals surface area contributed by atoms with Gasteiger partial charge in [0.1, 0.15) is 0 Å². The normalized spacial score (nSPS) is 10.0. The molecule has 0 N–H and O–H groups in total. The van der Waals surface area contributed by atoms with E-state index in [1.165, 1.54) is 22.3 Å². The van der Waals surface area contributed by atoms with E-state index in [2.05, 4.69) is 119 Å². The lowest BCUT2D eigenvalue weighted by molar-refractivity contribution is -0.696. The van der Waals surface area contributed by atoms with E-state index in [-0.39, 0.29) is 34.0 Å². The summed E-state index contributed by atoms with van der Waals surface area (Å²) in [5, 5.41) is 0. The Labute approximate surface area is 200 Å². The molecule has 0 amide bonds. The van der Waals surface area contributed by atoms with Crippen LogP contribution in [0.5, 0.6) is 0 Å². The van der Waals surface area contributed by atoms with Crippen LogP contribution >= 0.6 is 0 Å². The number of nitrogens with zero attached hydrogens (tertiary/aromatic N) is 2. The van der Waals surface area contributed by atoms with Crippen LogP contribution in [-0.2, 0) is 25.9 Å². The number of aromatic nitrogens is 2. The Morgan fingerprint density at radius 2 is 0.767 bits per heavy atom. The van der Waals surface area contributed by atoms with Gasteiger partial charge in [-0.15, -0.1) is 0 Å². The highest BCUT2D eigenvalue weighted by molar-refractivity contribution is 5.60. The minimum absolute atomic E-state index is 0. The van der Waals surface area contributed by atoms with E-state index in [9.17, 15) is 0 Å². The summed E-state index contributed by atoms with van der Waals surface area (Å²) in [6.07, 6.45) is 10.8. The lowest BCUT2D eigenvalue weighted by Gasteiger charge is -2.02. The van der Waals surface area contributed by atoms with Crippen molar-refractivity contribution in [1.82, 2.24) is 0 Å². The largest absolute Gasteiger partial charge is 1.00 e. The van der Waals surface area contributed by atoms with E-state index in [1.807, 2.05) is 0 Å². The van der Waals surface area contributed by atoms with Gasteiger partial charge in [0.15, 0.2) is 37.9 Å². The molecule has 2 aromatic carbocycles. The van der Waals surface area contributed by atoms with Gasteiger partial charge < -0.3 is 34.0 Å². The highest BCUT2D eigenvalue weighted by Crippen LogP contribution is 2.15. The summed E-state index contributed by atoms with van der Waals surface area (Å²) >= 11 is 0. The molecule has 2 aromatic heterocycles. The summed E-state index contributed by atoms with van der Waals surface area (Å²) in [5.74, 6) is 0. The second kappa shape index (κ2) is 12.4. The third kappa shape index (κ3) is 6.89. The Bertz CT molecular complexity index is 902. The van der Waals surface area contributed by atoms with Crippen molar-refractivity contribution in [3.05, 3.63) is 121 Å². The molecule has 4 aromatic rings. The fraction of sp³-hybridized carbons (Fsp3) is 0.154. The molecule has 2 heterocycles. The summed E-state index contributed by atoms with van der Waals surface area (Å²) in [4.78, 5) is 0. The fourth-order valence-electron chi connectivity index (χ4n) is 3.40. The molecule has 4 heteroatoms. The van der Waals surface area contributed by atoms with Crippen molar-refractivity contribution in [1.29, 1.82) is 0 Å². The van der Waals surface area contributed by atoms with Crippen LogP contribution in [0.3, 0.4) is 0 Å². The number of benzene rings is 2. The summed E-state index contributed by atoms with van der Waals surface area (Å²) in [6, 6.07) is 30.1. The van der Waals surface area contributed by atoms with Crippen molar-refractivity contribution in [3.8, 4) is 11.1 Å². The second-order valence-electron chi connectivity index (χ2n) is 7.12. The van der Waals surface area contributed by atoms with Gasteiger partial charge in [0, 0.05) is 37.1 Å². The molecule has 0 aliphatic heterocycles. The monoisotopic (exact) mass is 524 g/mol. The van der Waals surface area contributed by atoms with Gasteiger partial charge in [-0.1, -0.05) is 60.7 Å². The highest BCUT2D eigenvalue weighted by atomic mass is 79.9. The smallest absolute Gasteiger partial charge is 0.169 e. The van der Waals surface area contributed by atoms with Crippen molar-refractivity contribution in [2.45, 2.75) is 25.9 Å². The standard InChI is InChI=1S/C26H26N2.2BrH/c1-3-7-23(8-4-1)11-17-27-19-13-25(14-20-27)26-15-21-28(22-16-26)18-12-24-9-5-2-6-10-24;;/h1-10,13-16,19-22H,11-12,17-18H2;2*1H/q+2;;/p-2. The molecule has 0 spiro atoms. The van der Waals surface area contributed by atoms with Crippen molar-refractivity contribution in [2.24, 2.45) is 0 Å². The first-order valence-corrected chi connectivity index (χ1v) is 9.93. The molecule has 0 fully saturated rings. The van der Waals surface area contributed by atoms with Gasteiger partial charge in [-0.2, -0.15) is 0 Å². The summed E-state index contributed by atoms with van der Waals surface area (Å²) in [6.45, 7) is 2.00. The summed E-state index contributed by atoms with van der Waals surface area (Å²) < 4.78 is 4.50. The van der Waals surface area contributed by atoms with Crippen LogP contribution in [-0.4, -0.2) is 0 Å². The minimum Gasteiger partial charge on any atom is -1.00 e. The highest BCUT2D eigenvalue weighted by Gasteiger charge is 2.06. The molecular weight excluding hydrogens is 500 g/mol. The first-order chi connectivity index (χ1) is 13.9. The van der Waals surface area contributed by atoms with Crippen LogP contribution in [0.1, 0.15) is 11.1 Å². The molecule has 0 aliphatic rings. The van der Waals surface area contributed by atoms with E-state index >= 15 is 0 Å². The third-order valence-corrected chi connectivity index (χ3v) is 5.12. The van der Waals surface area contributed by atoms with E-state index < -0.39 is 0 Å². The number of aryl methyl sites for hydroxylation is 4. The predicted octanol–water partition coefficient (Wildman–Crippen LogP) is -1.58. The number of hydrogen-bond acceptors (Lipinski definition) is 0. The summed E-state index contributed by atoms with van der Waals surface area (Å²) in [5.41, 5.74) is 5.27. The van der Waals surface area contributed by atoms with Crippen LogP contribution in [0.4, 0.5) is 0 Å². The average molecular weight is 526 g/mol. The van der Waals surface area contributed by atoms with Gasteiger partial charge in [-0.05, 0) is 22.3 Å². The Hall–Kier alpha value is -2.30. The second-order valence-corrected chi connectivity index (χ2v) is 7.12. The zero-order valence-electron chi connectivity index (χ0n) is 16.9. The quantitative estimate of drug-likeness (QED) is 0.257. The Morgan fingerprint density at radius 3 is 1.10 bits per heavy atom. The summed E-state index contributed by atoms with van der Waals surface area (Å²) in [7, 11) is 0. The number of halogens is 2. The maximum Gasteiger partial charge on any atom is 0.169 e. The lowest BCUT2D eigenvalue weighted by Crippen LogP contribution is -3.00. The van der Waals surface area contributed by atoms with E-state index in [0.717, 1.165) is 25.9 Å². The van der Waals surface area contributed by atoms with Crippen LogP contribution in [0.25, 0.3) is 11.1 Å². The topological polar surface area (TPSA) is 7.76 Å². The molecule has 0 bridgehead atoms. The van der Waals surface area contributed by atoms with Crippen molar-refractivity contribution in [3.63, 3.8) is 0 Å². The third-order valence-electron chi connectivity index (χ3n) is 5.12. The molecule has 2 nitrogen and oxygen atoms in total. The zero-order chi connectivity index (χ0) is 19.0. The van der Waals surface area contributed by atoms with E-state index in [4.69, 9.17) is 0 Å².